The zero-order valence-electron chi connectivity index (χ0n) is 14.6. The van der Waals surface area contributed by atoms with Gasteiger partial charge in [0, 0.05) is 38.8 Å². The lowest BCUT2D eigenvalue weighted by atomic mass is 10.1. The molecule has 0 atom stereocenters. The SMILES string of the molecule is CC(=O)Nc1ccc(CC(=O)N2CCN(C(=O)c3cccs3)CC2)cc1. The molecule has 0 aliphatic carbocycles. The van der Waals surface area contributed by atoms with Gasteiger partial charge in [-0.2, -0.15) is 0 Å². The normalized spacial score (nSPS) is 14.2. The second kappa shape index (κ2) is 8.14. The highest BCUT2D eigenvalue weighted by Crippen LogP contribution is 2.15. The molecule has 26 heavy (non-hydrogen) atoms. The van der Waals surface area contributed by atoms with E-state index in [2.05, 4.69) is 5.32 Å². The minimum Gasteiger partial charge on any atom is -0.339 e. The summed E-state index contributed by atoms with van der Waals surface area (Å²) in [5.41, 5.74) is 1.62. The first kappa shape index (κ1) is 18.1. The van der Waals surface area contributed by atoms with E-state index in [9.17, 15) is 14.4 Å². The first-order chi connectivity index (χ1) is 12.5. The van der Waals surface area contributed by atoms with E-state index in [1.165, 1.54) is 18.3 Å². The number of amides is 3. The number of hydrogen-bond acceptors (Lipinski definition) is 4. The quantitative estimate of drug-likeness (QED) is 0.896. The highest BCUT2D eigenvalue weighted by molar-refractivity contribution is 7.12. The van der Waals surface area contributed by atoms with Gasteiger partial charge in [-0.1, -0.05) is 18.2 Å². The van der Waals surface area contributed by atoms with Crippen molar-refractivity contribution in [1.29, 1.82) is 0 Å². The number of hydrogen-bond donors (Lipinski definition) is 1. The fraction of sp³-hybridized carbons (Fsp3) is 0.316. The van der Waals surface area contributed by atoms with E-state index in [1.807, 2.05) is 29.6 Å². The lowest BCUT2D eigenvalue weighted by Crippen LogP contribution is -2.50. The Balaban J connectivity index is 1.50. The van der Waals surface area contributed by atoms with Gasteiger partial charge in [-0.15, -0.1) is 11.3 Å². The van der Waals surface area contributed by atoms with Crippen molar-refractivity contribution in [3.63, 3.8) is 0 Å². The van der Waals surface area contributed by atoms with Crippen LogP contribution in [-0.4, -0.2) is 53.7 Å². The Bertz CT molecular complexity index is 779. The largest absolute Gasteiger partial charge is 0.339 e. The van der Waals surface area contributed by atoms with Crippen molar-refractivity contribution < 1.29 is 14.4 Å². The van der Waals surface area contributed by atoms with E-state index in [1.54, 1.807) is 21.9 Å². The molecule has 0 unspecified atom stereocenters. The van der Waals surface area contributed by atoms with Crippen molar-refractivity contribution in [2.75, 3.05) is 31.5 Å². The molecule has 7 heteroatoms. The molecule has 2 aromatic rings. The number of carbonyl (C=O) groups is 3. The van der Waals surface area contributed by atoms with Crippen LogP contribution in [0.3, 0.4) is 0 Å². The number of benzene rings is 1. The zero-order chi connectivity index (χ0) is 18.5. The Morgan fingerprint density at radius 2 is 1.65 bits per heavy atom. The molecule has 3 amide bonds. The first-order valence-corrected chi connectivity index (χ1v) is 9.38. The topological polar surface area (TPSA) is 69.7 Å². The second-order valence-electron chi connectivity index (χ2n) is 6.21. The van der Waals surface area contributed by atoms with Gasteiger partial charge in [-0.05, 0) is 29.1 Å². The number of carbonyl (C=O) groups excluding carboxylic acids is 3. The molecular formula is C19H21N3O3S. The summed E-state index contributed by atoms with van der Waals surface area (Å²) in [4.78, 5) is 40.2. The highest BCUT2D eigenvalue weighted by atomic mass is 32.1. The van der Waals surface area contributed by atoms with E-state index in [-0.39, 0.29) is 17.7 Å². The summed E-state index contributed by atoms with van der Waals surface area (Å²) in [6, 6.07) is 11.0. The van der Waals surface area contributed by atoms with Gasteiger partial charge >= 0.3 is 0 Å². The van der Waals surface area contributed by atoms with Crippen LogP contribution in [0.25, 0.3) is 0 Å². The third-order valence-electron chi connectivity index (χ3n) is 4.28. The Morgan fingerprint density at radius 3 is 2.23 bits per heavy atom. The van der Waals surface area contributed by atoms with Crippen molar-refractivity contribution >= 4 is 34.7 Å². The summed E-state index contributed by atoms with van der Waals surface area (Å²) in [6.07, 6.45) is 0.319. The molecule has 0 radical (unpaired) electrons. The molecule has 3 rings (SSSR count). The number of thiophene rings is 1. The summed E-state index contributed by atoms with van der Waals surface area (Å²) < 4.78 is 0. The zero-order valence-corrected chi connectivity index (χ0v) is 15.4. The molecule has 1 aliphatic heterocycles. The van der Waals surface area contributed by atoms with Crippen LogP contribution >= 0.6 is 11.3 Å². The third-order valence-corrected chi connectivity index (χ3v) is 5.14. The lowest BCUT2D eigenvalue weighted by Gasteiger charge is -2.34. The van der Waals surface area contributed by atoms with Gasteiger partial charge in [-0.25, -0.2) is 0 Å². The number of nitrogens with one attached hydrogen (secondary N) is 1. The molecule has 136 valence electrons. The predicted molar refractivity (Wildman–Crippen MR) is 101 cm³/mol. The molecular weight excluding hydrogens is 350 g/mol. The summed E-state index contributed by atoms with van der Waals surface area (Å²) in [6.45, 7) is 3.69. The van der Waals surface area contributed by atoms with Gasteiger partial charge in [0.2, 0.25) is 11.8 Å². The predicted octanol–water partition coefficient (Wildman–Crippen LogP) is 2.23. The number of piperazine rings is 1. The van der Waals surface area contributed by atoms with Crippen LogP contribution in [0, 0.1) is 0 Å². The molecule has 1 fully saturated rings. The van der Waals surface area contributed by atoms with E-state index in [4.69, 9.17) is 0 Å². The van der Waals surface area contributed by atoms with Gasteiger partial charge in [0.15, 0.2) is 0 Å². The molecule has 1 saturated heterocycles. The van der Waals surface area contributed by atoms with E-state index < -0.39 is 0 Å². The van der Waals surface area contributed by atoms with Gasteiger partial charge in [0.25, 0.3) is 5.91 Å². The summed E-state index contributed by atoms with van der Waals surface area (Å²) in [5.74, 6) is -0.0232. The third kappa shape index (κ3) is 4.49. The van der Waals surface area contributed by atoms with Gasteiger partial charge in [0.1, 0.15) is 0 Å². The molecule has 1 N–H and O–H groups in total. The van der Waals surface area contributed by atoms with Crippen LogP contribution in [-0.2, 0) is 16.0 Å². The van der Waals surface area contributed by atoms with Crippen LogP contribution in [0.2, 0.25) is 0 Å². The van der Waals surface area contributed by atoms with Crippen molar-refractivity contribution in [2.45, 2.75) is 13.3 Å². The highest BCUT2D eigenvalue weighted by Gasteiger charge is 2.25. The maximum Gasteiger partial charge on any atom is 0.264 e. The van der Waals surface area contributed by atoms with Crippen LogP contribution in [0.1, 0.15) is 22.2 Å². The van der Waals surface area contributed by atoms with Gasteiger partial charge < -0.3 is 15.1 Å². The van der Waals surface area contributed by atoms with Crippen LogP contribution in [0.4, 0.5) is 5.69 Å². The molecule has 0 saturated carbocycles. The van der Waals surface area contributed by atoms with Crippen LogP contribution in [0.15, 0.2) is 41.8 Å². The first-order valence-electron chi connectivity index (χ1n) is 8.50. The summed E-state index contributed by atoms with van der Waals surface area (Å²) in [5, 5.41) is 4.60. The molecule has 2 heterocycles. The molecule has 6 nitrogen and oxygen atoms in total. The van der Waals surface area contributed by atoms with E-state index in [0.29, 0.717) is 32.6 Å². The fourth-order valence-electron chi connectivity index (χ4n) is 2.91. The standard InChI is InChI=1S/C19H21N3O3S/c1-14(23)20-16-6-4-15(5-7-16)13-18(24)21-8-10-22(11-9-21)19(25)17-3-2-12-26-17/h2-7,12H,8-11,13H2,1H3,(H,20,23). The van der Waals surface area contributed by atoms with Gasteiger partial charge in [0.05, 0.1) is 11.3 Å². The maximum absolute atomic E-state index is 12.5. The minimum absolute atomic E-state index is 0.0423. The van der Waals surface area contributed by atoms with Crippen molar-refractivity contribution in [1.82, 2.24) is 9.80 Å². The lowest BCUT2D eigenvalue weighted by molar-refractivity contribution is -0.131. The van der Waals surface area contributed by atoms with E-state index in [0.717, 1.165) is 16.1 Å². The Morgan fingerprint density at radius 1 is 1.00 bits per heavy atom. The molecule has 1 aromatic carbocycles. The summed E-state index contributed by atoms with van der Waals surface area (Å²) in [7, 11) is 0. The summed E-state index contributed by atoms with van der Waals surface area (Å²) >= 11 is 1.44. The molecule has 1 aliphatic rings. The average molecular weight is 371 g/mol. The number of rotatable bonds is 4. The smallest absolute Gasteiger partial charge is 0.264 e. The number of anilines is 1. The maximum atomic E-state index is 12.5. The van der Waals surface area contributed by atoms with Crippen molar-refractivity contribution in [3.8, 4) is 0 Å². The van der Waals surface area contributed by atoms with Crippen LogP contribution < -0.4 is 5.32 Å². The fourth-order valence-corrected chi connectivity index (χ4v) is 3.60. The molecule has 0 bridgehead atoms. The Kier molecular flexibility index (Phi) is 5.68. The Hall–Kier alpha value is -2.67. The second-order valence-corrected chi connectivity index (χ2v) is 7.15. The Labute approximate surface area is 156 Å². The van der Waals surface area contributed by atoms with Crippen molar-refractivity contribution in [3.05, 3.63) is 52.2 Å². The van der Waals surface area contributed by atoms with Gasteiger partial charge in [-0.3, -0.25) is 14.4 Å². The minimum atomic E-state index is -0.121. The monoisotopic (exact) mass is 371 g/mol. The molecule has 1 aromatic heterocycles. The van der Waals surface area contributed by atoms with E-state index >= 15 is 0 Å². The average Bonchev–Trinajstić information content (AvgIpc) is 3.17. The van der Waals surface area contributed by atoms with Crippen molar-refractivity contribution in [2.24, 2.45) is 0 Å². The molecule has 0 spiro atoms. The van der Waals surface area contributed by atoms with Crippen LogP contribution in [0.5, 0.6) is 0 Å². The number of nitrogens with zero attached hydrogens (tertiary/aromatic N) is 2.